The van der Waals surface area contributed by atoms with E-state index in [1.54, 1.807) is 12.1 Å². The molecule has 2 rings (SSSR count). The molecule has 1 fully saturated rings. The minimum Gasteiger partial charge on any atom is -0.508 e. The van der Waals surface area contributed by atoms with E-state index < -0.39 is 0 Å². The summed E-state index contributed by atoms with van der Waals surface area (Å²) in [4.78, 5) is 13.1. The number of carbonyl (C=O) groups is 1. The topological polar surface area (TPSA) is 66.6 Å². The van der Waals surface area contributed by atoms with Crippen molar-refractivity contribution < 1.29 is 9.90 Å². The predicted octanol–water partition coefficient (Wildman–Crippen LogP) is 0.704. The number of nitrogens with two attached hydrogens (primary N) is 1. The van der Waals surface area contributed by atoms with E-state index >= 15 is 0 Å². The molecule has 1 aromatic carbocycles. The molecule has 0 bridgehead atoms. The number of carbonyl (C=O) groups excluding carboxylic acids is 1. The van der Waals surface area contributed by atoms with Gasteiger partial charge in [0.2, 0.25) is 5.91 Å². The molecule has 0 aromatic heterocycles. The van der Waals surface area contributed by atoms with Crippen LogP contribution >= 0.6 is 0 Å². The SMILES string of the molecule is NC(=O)C1CCN(c2ccc(O)cc2)C1. The van der Waals surface area contributed by atoms with Crippen LogP contribution in [0.5, 0.6) is 5.75 Å². The van der Waals surface area contributed by atoms with Crippen LogP contribution in [0.3, 0.4) is 0 Å². The molecule has 1 atom stereocenters. The summed E-state index contributed by atoms with van der Waals surface area (Å²) < 4.78 is 0. The van der Waals surface area contributed by atoms with Crippen molar-refractivity contribution >= 4 is 11.6 Å². The number of benzene rings is 1. The summed E-state index contributed by atoms with van der Waals surface area (Å²) >= 11 is 0. The van der Waals surface area contributed by atoms with Crippen molar-refractivity contribution in [2.75, 3.05) is 18.0 Å². The van der Waals surface area contributed by atoms with E-state index in [1.807, 2.05) is 12.1 Å². The van der Waals surface area contributed by atoms with Gasteiger partial charge in [0, 0.05) is 18.8 Å². The summed E-state index contributed by atoms with van der Waals surface area (Å²) in [7, 11) is 0. The number of amides is 1. The molecule has 4 nitrogen and oxygen atoms in total. The second-order valence-electron chi connectivity index (χ2n) is 3.85. The van der Waals surface area contributed by atoms with Gasteiger partial charge in [-0.1, -0.05) is 0 Å². The van der Waals surface area contributed by atoms with Gasteiger partial charge in [-0.3, -0.25) is 4.79 Å². The molecule has 1 aliphatic rings. The lowest BCUT2D eigenvalue weighted by molar-refractivity contribution is -0.121. The third-order valence-electron chi connectivity index (χ3n) is 2.81. The van der Waals surface area contributed by atoms with E-state index in [4.69, 9.17) is 10.8 Å². The van der Waals surface area contributed by atoms with E-state index in [9.17, 15) is 4.79 Å². The number of phenols is 1. The van der Waals surface area contributed by atoms with Crippen LogP contribution in [-0.4, -0.2) is 24.1 Å². The molecule has 0 spiro atoms. The fourth-order valence-electron chi connectivity index (χ4n) is 1.89. The van der Waals surface area contributed by atoms with Gasteiger partial charge in [-0.25, -0.2) is 0 Å². The zero-order valence-electron chi connectivity index (χ0n) is 8.39. The van der Waals surface area contributed by atoms with E-state index in [0.29, 0.717) is 6.54 Å². The summed E-state index contributed by atoms with van der Waals surface area (Å²) in [5, 5.41) is 9.15. The Kier molecular flexibility index (Phi) is 2.49. The lowest BCUT2D eigenvalue weighted by Crippen LogP contribution is -2.27. The van der Waals surface area contributed by atoms with E-state index in [0.717, 1.165) is 18.7 Å². The Balaban J connectivity index is 2.07. The van der Waals surface area contributed by atoms with Crippen LogP contribution < -0.4 is 10.6 Å². The Morgan fingerprint density at radius 1 is 1.40 bits per heavy atom. The Hall–Kier alpha value is -1.71. The van der Waals surface area contributed by atoms with Crippen molar-refractivity contribution in [2.45, 2.75) is 6.42 Å². The van der Waals surface area contributed by atoms with Crippen molar-refractivity contribution in [2.24, 2.45) is 11.7 Å². The number of rotatable bonds is 2. The molecular weight excluding hydrogens is 192 g/mol. The Bertz CT molecular complexity index is 361. The van der Waals surface area contributed by atoms with E-state index in [-0.39, 0.29) is 17.6 Å². The lowest BCUT2D eigenvalue weighted by atomic mass is 10.1. The highest BCUT2D eigenvalue weighted by molar-refractivity contribution is 5.78. The smallest absolute Gasteiger partial charge is 0.222 e. The van der Waals surface area contributed by atoms with Crippen LogP contribution in [0.15, 0.2) is 24.3 Å². The number of phenolic OH excluding ortho intramolecular Hbond substituents is 1. The first-order valence-corrected chi connectivity index (χ1v) is 5.00. The molecule has 1 aliphatic heterocycles. The first-order valence-electron chi connectivity index (χ1n) is 5.00. The summed E-state index contributed by atoms with van der Waals surface area (Å²) in [5.74, 6) is -0.0144. The molecule has 4 heteroatoms. The zero-order valence-corrected chi connectivity index (χ0v) is 8.39. The number of anilines is 1. The Morgan fingerprint density at radius 3 is 2.60 bits per heavy atom. The summed E-state index contributed by atoms with van der Waals surface area (Å²) in [6.07, 6.45) is 0.816. The number of nitrogens with zero attached hydrogens (tertiary/aromatic N) is 1. The van der Waals surface area contributed by atoms with Crippen LogP contribution in [0.1, 0.15) is 6.42 Å². The van der Waals surface area contributed by atoms with Crippen molar-refractivity contribution in [3.8, 4) is 5.75 Å². The molecule has 1 heterocycles. The van der Waals surface area contributed by atoms with Crippen LogP contribution in [0.4, 0.5) is 5.69 Å². The molecule has 1 saturated heterocycles. The average Bonchev–Trinajstić information content (AvgIpc) is 2.68. The van der Waals surface area contributed by atoms with Gasteiger partial charge in [0.25, 0.3) is 0 Å². The number of hydrogen-bond donors (Lipinski definition) is 2. The van der Waals surface area contributed by atoms with Gasteiger partial charge < -0.3 is 15.7 Å². The standard InChI is InChI=1S/C11H14N2O2/c12-11(15)8-5-6-13(7-8)9-1-3-10(14)4-2-9/h1-4,8,14H,5-7H2,(H2,12,15). The van der Waals surface area contributed by atoms with Crippen LogP contribution in [0, 0.1) is 5.92 Å². The predicted molar refractivity (Wildman–Crippen MR) is 57.6 cm³/mol. The lowest BCUT2D eigenvalue weighted by Gasteiger charge is -2.17. The molecule has 80 valence electrons. The molecule has 1 amide bonds. The second-order valence-corrected chi connectivity index (χ2v) is 3.85. The fraction of sp³-hybridized carbons (Fsp3) is 0.364. The summed E-state index contributed by atoms with van der Waals surface area (Å²) in [6, 6.07) is 6.98. The monoisotopic (exact) mass is 206 g/mol. The van der Waals surface area contributed by atoms with Gasteiger partial charge in [0.15, 0.2) is 0 Å². The second kappa shape index (κ2) is 3.81. The largest absolute Gasteiger partial charge is 0.508 e. The molecule has 15 heavy (non-hydrogen) atoms. The van der Waals surface area contributed by atoms with Crippen molar-refractivity contribution in [1.29, 1.82) is 0 Å². The van der Waals surface area contributed by atoms with Crippen molar-refractivity contribution in [1.82, 2.24) is 0 Å². The molecule has 0 radical (unpaired) electrons. The molecule has 0 saturated carbocycles. The molecular formula is C11H14N2O2. The van der Waals surface area contributed by atoms with Gasteiger partial charge in [0.05, 0.1) is 5.92 Å². The zero-order chi connectivity index (χ0) is 10.8. The van der Waals surface area contributed by atoms with E-state index in [2.05, 4.69) is 4.90 Å². The van der Waals surface area contributed by atoms with Gasteiger partial charge in [-0.15, -0.1) is 0 Å². The first kappa shape index (κ1) is 9.83. The van der Waals surface area contributed by atoms with Crippen LogP contribution in [-0.2, 0) is 4.79 Å². The van der Waals surface area contributed by atoms with Crippen molar-refractivity contribution in [3.05, 3.63) is 24.3 Å². The third kappa shape index (κ3) is 2.03. The van der Waals surface area contributed by atoms with Crippen molar-refractivity contribution in [3.63, 3.8) is 0 Å². The van der Waals surface area contributed by atoms with Gasteiger partial charge >= 0.3 is 0 Å². The van der Waals surface area contributed by atoms with Gasteiger partial charge in [-0.05, 0) is 30.7 Å². The van der Waals surface area contributed by atoms with Gasteiger partial charge in [-0.2, -0.15) is 0 Å². The molecule has 3 N–H and O–H groups in total. The van der Waals surface area contributed by atoms with Crippen LogP contribution in [0.2, 0.25) is 0 Å². The Labute approximate surface area is 88.3 Å². The maximum Gasteiger partial charge on any atom is 0.222 e. The van der Waals surface area contributed by atoms with Crippen LogP contribution in [0.25, 0.3) is 0 Å². The number of aromatic hydroxyl groups is 1. The van der Waals surface area contributed by atoms with E-state index in [1.165, 1.54) is 0 Å². The third-order valence-corrected chi connectivity index (χ3v) is 2.81. The first-order chi connectivity index (χ1) is 7.16. The normalized spacial score (nSPS) is 20.5. The molecule has 0 aliphatic carbocycles. The summed E-state index contributed by atoms with van der Waals surface area (Å²) in [5.41, 5.74) is 6.28. The molecule has 1 unspecified atom stereocenters. The summed E-state index contributed by atoms with van der Waals surface area (Å²) in [6.45, 7) is 1.53. The minimum absolute atomic E-state index is 0.0428. The molecule has 1 aromatic rings. The highest BCUT2D eigenvalue weighted by Gasteiger charge is 2.26. The highest BCUT2D eigenvalue weighted by atomic mass is 16.3. The minimum atomic E-state index is -0.226. The average molecular weight is 206 g/mol. The Morgan fingerprint density at radius 2 is 2.07 bits per heavy atom. The highest BCUT2D eigenvalue weighted by Crippen LogP contribution is 2.24. The number of primary amides is 1. The fourth-order valence-corrected chi connectivity index (χ4v) is 1.89. The maximum absolute atomic E-state index is 11.0. The maximum atomic E-state index is 11.0. The van der Waals surface area contributed by atoms with Gasteiger partial charge in [0.1, 0.15) is 5.75 Å². The quantitative estimate of drug-likeness (QED) is 0.748. The number of hydrogen-bond acceptors (Lipinski definition) is 3.